The Balaban J connectivity index is 2.28. The number of rotatable bonds is 2. The smallest absolute Gasteiger partial charge is 0.107 e. The number of thiocarbonyl (C=S) groups is 1. The van der Waals surface area contributed by atoms with E-state index in [-0.39, 0.29) is 0 Å². The molecule has 0 saturated carbocycles. The molecular weight excluding hydrogens is 254 g/mol. The van der Waals surface area contributed by atoms with Gasteiger partial charge in [0.05, 0.1) is 16.8 Å². The molecular formula is C15H17N3S. The Morgan fingerprint density at radius 3 is 2.89 bits per heavy atom. The van der Waals surface area contributed by atoms with Crippen LogP contribution in [0.1, 0.15) is 25.3 Å². The van der Waals surface area contributed by atoms with E-state index >= 15 is 0 Å². The number of benzene rings is 1. The first-order valence-electron chi connectivity index (χ1n) is 6.62. The maximum absolute atomic E-state index is 5.88. The average molecular weight is 271 g/mol. The molecule has 1 aromatic carbocycles. The normalized spacial score (nSPS) is 19.0. The molecule has 3 nitrogen and oxygen atoms in total. The maximum atomic E-state index is 5.88. The molecule has 0 radical (unpaired) electrons. The van der Waals surface area contributed by atoms with Crippen molar-refractivity contribution in [3.05, 3.63) is 36.0 Å². The van der Waals surface area contributed by atoms with Crippen molar-refractivity contribution in [3.63, 3.8) is 0 Å². The Bertz CT molecular complexity index is 638. The van der Waals surface area contributed by atoms with E-state index in [2.05, 4.69) is 22.9 Å². The predicted octanol–water partition coefficient (Wildman–Crippen LogP) is 2.86. The van der Waals surface area contributed by atoms with E-state index < -0.39 is 0 Å². The fourth-order valence-electron chi connectivity index (χ4n) is 2.88. The highest BCUT2D eigenvalue weighted by Crippen LogP contribution is 2.34. The molecule has 4 heteroatoms. The molecule has 1 saturated heterocycles. The maximum Gasteiger partial charge on any atom is 0.107 e. The van der Waals surface area contributed by atoms with E-state index in [1.165, 1.54) is 12.8 Å². The predicted molar refractivity (Wildman–Crippen MR) is 83.7 cm³/mol. The lowest BCUT2D eigenvalue weighted by Gasteiger charge is -2.27. The monoisotopic (exact) mass is 271 g/mol. The molecule has 1 aliphatic rings. The van der Waals surface area contributed by atoms with E-state index in [4.69, 9.17) is 18.0 Å². The summed E-state index contributed by atoms with van der Waals surface area (Å²) in [6, 6.07) is 8.71. The van der Waals surface area contributed by atoms with Crippen molar-refractivity contribution in [1.29, 1.82) is 0 Å². The molecule has 1 unspecified atom stereocenters. The fourth-order valence-corrected chi connectivity index (χ4v) is 3.03. The van der Waals surface area contributed by atoms with Gasteiger partial charge in [0, 0.05) is 24.2 Å². The fraction of sp³-hybridized carbons (Fsp3) is 0.333. The third-order valence-corrected chi connectivity index (χ3v) is 4.07. The van der Waals surface area contributed by atoms with Gasteiger partial charge in [0.15, 0.2) is 0 Å². The van der Waals surface area contributed by atoms with E-state index in [1.54, 1.807) is 0 Å². The standard InChI is InChI=1S/C15H17N3S/c1-10-5-4-8-18(10)14-11-6-2-3-7-13(11)17-9-12(14)15(16)19/h2-3,6-7,9-10H,4-5,8H2,1H3,(H2,16,19). The summed E-state index contributed by atoms with van der Waals surface area (Å²) in [4.78, 5) is 7.30. The molecule has 1 aromatic heterocycles. The molecule has 3 rings (SSSR count). The van der Waals surface area contributed by atoms with Gasteiger partial charge in [-0.3, -0.25) is 4.98 Å². The van der Waals surface area contributed by atoms with Crippen LogP contribution in [-0.2, 0) is 0 Å². The van der Waals surface area contributed by atoms with Crippen molar-refractivity contribution in [2.24, 2.45) is 5.73 Å². The topological polar surface area (TPSA) is 42.1 Å². The van der Waals surface area contributed by atoms with Gasteiger partial charge in [0.2, 0.25) is 0 Å². The minimum absolute atomic E-state index is 0.423. The van der Waals surface area contributed by atoms with Crippen LogP contribution in [0, 0.1) is 0 Å². The SMILES string of the molecule is CC1CCCN1c1c(C(N)=S)cnc2ccccc12. The van der Waals surface area contributed by atoms with Gasteiger partial charge in [-0.2, -0.15) is 0 Å². The Labute approximate surface area is 118 Å². The van der Waals surface area contributed by atoms with Crippen molar-refractivity contribution in [3.8, 4) is 0 Å². The van der Waals surface area contributed by atoms with Gasteiger partial charge < -0.3 is 10.6 Å². The van der Waals surface area contributed by atoms with Crippen LogP contribution >= 0.6 is 12.2 Å². The second-order valence-corrected chi connectivity index (χ2v) is 5.53. The third kappa shape index (κ3) is 2.06. The number of hydrogen-bond donors (Lipinski definition) is 1. The van der Waals surface area contributed by atoms with E-state index in [0.29, 0.717) is 11.0 Å². The molecule has 98 valence electrons. The molecule has 2 N–H and O–H groups in total. The van der Waals surface area contributed by atoms with Crippen LogP contribution in [0.25, 0.3) is 10.9 Å². The van der Waals surface area contributed by atoms with Crippen molar-refractivity contribution in [1.82, 2.24) is 4.98 Å². The second kappa shape index (κ2) is 4.78. The van der Waals surface area contributed by atoms with E-state index in [0.717, 1.165) is 28.7 Å². The van der Waals surface area contributed by atoms with Gasteiger partial charge in [0.25, 0.3) is 0 Å². The number of anilines is 1. The number of para-hydroxylation sites is 1. The van der Waals surface area contributed by atoms with Crippen LogP contribution in [0.3, 0.4) is 0 Å². The lowest BCUT2D eigenvalue weighted by Crippen LogP contribution is -2.29. The van der Waals surface area contributed by atoms with Crippen molar-refractivity contribution < 1.29 is 0 Å². The summed E-state index contributed by atoms with van der Waals surface area (Å²) in [5.41, 5.74) is 8.93. The number of fused-ring (bicyclic) bond motifs is 1. The zero-order chi connectivity index (χ0) is 13.4. The van der Waals surface area contributed by atoms with Crippen molar-refractivity contribution in [2.75, 3.05) is 11.4 Å². The van der Waals surface area contributed by atoms with Crippen LogP contribution in [0.5, 0.6) is 0 Å². The minimum Gasteiger partial charge on any atom is -0.389 e. The highest BCUT2D eigenvalue weighted by Gasteiger charge is 2.25. The number of hydrogen-bond acceptors (Lipinski definition) is 3. The van der Waals surface area contributed by atoms with Crippen molar-refractivity contribution >= 4 is 33.8 Å². The molecule has 0 aliphatic carbocycles. The lowest BCUT2D eigenvalue weighted by atomic mass is 10.1. The summed E-state index contributed by atoms with van der Waals surface area (Å²) < 4.78 is 0. The average Bonchev–Trinajstić information content (AvgIpc) is 2.83. The van der Waals surface area contributed by atoms with Crippen LogP contribution in [0.2, 0.25) is 0 Å². The van der Waals surface area contributed by atoms with Gasteiger partial charge in [0.1, 0.15) is 4.99 Å². The molecule has 19 heavy (non-hydrogen) atoms. The van der Waals surface area contributed by atoms with Gasteiger partial charge in [-0.15, -0.1) is 0 Å². The first-order valence-corrected chi connectivity index (χ1v) is 7.03. The van der Waals surface area contributed by atoms with Gasteiger partial charge in [-0.05, 0) is 25.8 Å². The molecule has 1 aliphatic heterocycles. The van der Waals surface area contributed by atoms with E-state index in [1.807, 2.05) is 24.4 Å². The summed E-state index contributed by atoms with van der Waals surface area (Å²) in [5.74, 6) is 0. The van der Waals surface area contributed by atoms with Crippen LogP contribution < -0.4 is 10.6 Å². The minimum atomic E-state index is 0.423. The molecule has 2 aromatic rings. The Morgan fingerprint density at radius 2 is 2.21 bits per heavy atom. The Morgan fingerprint density at radius 1 is 1.42 bits per heavy atom. The van der Waals surface area contributed by atoms with Crippen LogP contribution in [0.15, 0.2) is 30.5 Å². The summed E-state index contributed by atoms with van der Waals surface area (Å²) in [6.45, 7) is 3.32. The van der Waals surface area contributed by atoms with Gasteiger partial charge >= 0.3 is 0 Å². The number of aromatic nitrogens is 1. The summed E-state index contributed by atoms with van der Waals surface area (Å²) in [5, 5.41) is 1.14. The highest BCUT2D eigenvalue weighted by atomic mass is 32.1. The first-order chi connectivity index (χ1) is 9.18. The number of nitrogens with zero attached hydrogens (tertiary/aromatic N) is 2. The van der Waals surface area contributed by atoms with Gasteiger partial charge in [-0.1, -0.05) is 30.4 Å². The Kier molecular flexibility index (Phi) is 3.11. The summed E-state index contributed by atoms with van der Waals surface area (Å²) in [6.07, 6.45) is 4.24. The quantitative estimate of drug-likeness (QED) is 0.853. The number of pyridine rings is 1. The molecule has 0 spiro atoms. The van der Waals surface area contributed by atoms with Gasteiger partial charge in [-0.25, -0.2) is 0 Å². The second-order valence-electron chi connectivity index (χ2n) is 5.09. The third-order valence-electron chi connectivity index (χ3n) is 3.85. The molecule has 0 bridgehead atoms. The summed E-state index contributed by atoms with van der Waals surface area (Å²) >= 11 is 5.20. The number of nitrogens with two attached hydrogens (primary N) is 1. The lowest BCUT2D eigenvalue weighted by molar-refractivity contribution is 0.736. The molecule has 2 heterocycles. The largest absolute Gasteiger partial charge is 0.389 e. The summed E-state index contributed by atoms with van der Waals surface area (Å²) in [7, 11) is 0. The van der Waals surface area contributed by atoms with E-state index in [9.17, 15) is 0 Å². The first kappa shape index (κ1) is 12.4. The zero-order valence-electron chi connectivity index (χ0n) is 11.0. The zero-order valence-corrected chi connectivity index (χ0v) is 11.8. The molecule has 1 atom stereocenters. The Hall–Kier alpha value is -1.68. The highest BCUT2D eigenvalue weighted by molar-refractivity contribution is 7.80. The van der Waals surface area contributed by atoms with Crippen LogP contribution in [-0.4, -0.2) is 22.6 Å². The van der Waals surface area contributed by atoms with Crippen molar-refractivity contribution in [2.45, 2.75) is 25.8 Å². The molecule has 0 amide bonds. The molecule has 1 fully saturated rings. The van der Waals surface area contributed by atoms with Crippen LogP contribution in [0.4, 0.5) is 5.69 Å².